The van der Waals surface area contributed by atoms with Crippen LogP contribution in [0.15, 0.2) is 42.6 Å². The van der Waals surface area contributed by atoms with Gasteiger partial charge in [-0.05, 0) is 47.9 Å². The maximum atomic E-state index is 12.2. The van der Waals surface area contributed by atoms with Crippen LogP contribution >= 0.6 is 11.6 Å². The van der Waals surface area contributed by atoms with Gasteiger partial charge in [0, 0.05) is 23.1 Å². The molecule has 1 saturated carbocycles. The number of hydrogen-bond donors (Lipinski definition) is 2. The quantitative estimate of drug-likeness (QED) is 0.639. The lowest BCUT2D eigenvalue weighted by Gasteiger charge is -2.13. The summed E-state index contributed by atoms with van der Waals surface area (Å²) in [6.45, 7) is 4.12. The van der Waals surface area contributed by atoms with E-state index in [2.05, 4.69) is 17.2 Å². The number of aromatic nitrogens is 1. The van der Waals surface area contributed by atoms with Gasteiger partial charge in [-0.1, -0.05) is 42.8 Å². The molecule has 0 aliphatic heterocycles. The second-order valence-electron chi connectivity index (χ2n) is 7.07. The fourth-order valence-corrected chi connectivity index (χ4v) is 3.60. The Hall–Kier alpha value is -2.59. The Morgan fingerprint density at radius 1 is 1.27 bits per heavy atom. The summed E-state index contributed by atoms with van der Waals surface area (Å²) in [4.78, 5) is 16.5. The van der Waals surface area contributed by atoms with Crippen molar-refractivity contribution in [3.63, 3.8) is 0 Å². The van der Waals surface area contributed by atoms with Crippen LogP contribution in [0.2, 0.25) is 5.02 Å². The molecule has 1 amide bonds. The molecule has 4 nitrogen and oxygen atoms in total. The zero-order valence-corrected chi connectivity index (χ0v) is 15.5. The summed E-state index contributed by atoms with van der Waals surface area (Å²) >= 11 is 6.55. The molecule has 3 N–H and O–H groups in total. The number of benzene rings is 2. The summed E-state index contributed by atoms with van der Waals surface area (Å²) in [6, 6.07) is 11.9. The van der Waals surface area contributed by atoms with Gasteiger partial charge in [-0.15, -0.1) is 0 Å². The molecule has 132 valence electrons. The highest BCUT2D eigenvalue weighted by Gasteiger charge is 2.39. The van der Waals surface area contributed by atoms with E-state index in [1.807, 2.05) is 43.3 Å². The van der Waals surface area contributed by atoms with Gasteiger partial charge in [-0.3, -0.25) is 4.79 Å². The predicted molar refractivity (Wildman–Crippen MR) is 107 cm³/mol. The van der Waals surface area contributed by atoms with E-state index in [-0.39, 0.29) is 11.8 Å². The number of anilines is 2. The van der Waals surface area contributed by atoms with Crippen molar-refractivity contribution >= 4 is 39.8 Å². The monoisotopic (exact) mass is 365 g/mol. The van der Waals surface area contributed by atoms with Gasteiger partial charge in [0.25, 0.3) is 0 Å². The first-order valence-corrected chi connectivity index (χ1v) is 9.08. The van der Waals surface area contributed by atoms with Crippen LogP contribution in [-0.2, 0) is 4.79 Å². The summed E-state index contributed by atoms with van der Waals surface area (Å²) in [7, 11) is 0. The Labute approximate surface area is 157 Å². The second-order valence-corrected chi connectivity index (χ2v) is 7.44. The van der Waals surface area contributed by atoms with Crippen LogP contribution in [0.5, 0.6) is 0 Å². The lowest BCUT2D eigenvalue weighted by atomic mass is 9.97. The van der Waals surface area contributed by atoms with Gasteiger partial charge in [0.15, 0.2) is 0 Å². The Kier molecular flexibility index (Phi) is 4.08. The van der Waals surface area contributed by atoms with Crippen molar-refractivity contribution in [3.05, 3.63) is 53.2 Å². The van der Waals surface area contributed by atoms with E-state index in [0.717, 1.165) is 33.9 Å². The maximum Gasteiger partial charge on any atom is 0.228 e. The van der Waals surface area contributed by atoms with Crippen LogP contribution in [0.1, 0.15) is 18.9 Å². The number of nitrogen functional groups attached to an aromatic ring is 1. The molecule has 5 heteroatoms. The van der Waals surface area contributed by atoms with Gasteiger partial charge >= 0.3 is 0 Å². The molecule has 1 fully saturated rings. The van der Waals surface area contributed by atoms with Crippen LogP contribution in [0.4, 0.5) is 11.5 Å². The van der Waals surface area contributed by atoms with Crippen molar-refractivity contribution < 1.29 is 4.79 Å². The third-order valence-corrected chi connectivity index (χ3v) is 5.54. The fourth-order valence-electron chi connectivity index (χ4n) is 3.34. The number of rotatable bonds is 3. The van der Waals surface area contributed by atoms with Crippen molar-refractivity contribution in [2.75, 3.05) is 11.1 Å². The van der Waals surface area contributed by atoms with Crippen molar-refractivity contribution in [2.45, 2.75) is 20.3 Å². The zero-order chi connectivity index (χ0) is 18.4. The van der Waals surface area contributed by atoms with E-state index in [9.17, 15) is 4.79 Å². The Morgan fingerprint density at radius 3 is 2.69 bits per heavy atom. The van der Waals surface area contributed by atoms with Gasteiger partial charge < -0.3 is 11.1 Å². The minimum atomic E-state index is 0.0328. The predicted octanol–water partition coefficient (Wildman–Crippen LogP) is 5.04. The number of hydrogen-bond acceptors (Lipinski definition) is 3. The Balaban J connectivity index is 1.78. The van der Waals surface area contributed by atoms with Crippen molar-refractivity contribution in [2.24, 2.45) is 11.8 Å². The molecule has 0 radical (unpaired) electrons. The number of carbonyl (C=O) groups is 1. The van der Waals surface area contributed by atoms with Crippen molar-refractivity contribution in [1.29, 1.82) is 0 Å². The summed E-state index contributed by atoms with van der Waals surface area (Å²) in [5.74, 6) is 1.13. The van der Waals surface area contributed by atoms with Gasteiger partial charge in [-0.2, -0.15) is 0 Å². The number of aryl methyl sites for hydroxylation is 1. The highest BCUT2D eigenvalue weighted by atomic mass is 35.5. The molecule has 2 aromatic carbocycles. The molecule has 0 bridgehead atoms. The normalized spacial score (nSPS) is 18.7. The molecule has 0 saturated heterocycles. The van der Waals surface area contributed by atoms with Gasteiger partial charge in [0.1, 0.15) is 5.82 Å². The third-order valence-electron chi connectivity index (χ3n) is 5.13. The van der Waals surface area contributed by atoms with Crippen LogP contribution in [-0.4, -0.2) is 10.9 Å². The molecular weight excluding hydrogens is 346 g/mol. The first-order valence-electron chi connectivity index (χ1n) is 8.70. The number of nitrogens with zero attached hydrogens (tertiary/aromatic N) is 1. The Morgan fingerprint density at radius 2 is 2.00 bits per heavy atom. The minimum absolute atomic E-state index is 0.0328. The highest BCUT2D eigenvalue weighted by molar-refractivity contribution is 6.37. The van der Waals surface area contributed by atoms with Crippen LogP contribution in [0, 0.1) is 18.8 Å². The number of nitrogens with one attached hydrogen (secondary N) is 1. The first kappa shape index (κ1) is 16.9. The zero-order valence-electron chi connectivity index (χ0n) is 14.7. The molecule has 1 heterocycles. The van der Waals surface area contributed by atoms with Crippen molar-refractivity contribution in [1.82, 2.24) is 4.98 Å². The summed E-state index contributed by atoms with van der Waals surface area (Å²) in [6.07, 6.45) is 2.61. The van der Waals surface area contributed by atoms with E-state index < -0.39 is 0 Å². The SMILES string of the molecule is Cc1ccccc1-c1cc2cc(NC(=O)[C@H]3C[C@@H]3C)ncc2c(N)c1Cl. The average Bonchev–Trinajstić information content (AvgIpc) is 3.36. The molecule has 1 aromatic heterocycles. The second kappa shape index (κ2) is 6.29. The minimum Gasteiger partial charge on any atom is -0.397 e. The molecule has 1 aliphatic rings. The van der Waals surface area contributed by atoms with Crippen molar-refractivity contribution in [3.8, 4) is 11.1 Å². The molecule has 26 heavy (non-hydrogen) atoms. The van der Waals surface area contributed by atoms with E-state index in [0.29, 0.717) is 22.4 Å². The maximum absolute atomic E-state index is 12.2. The summed E-state index contributed by atoms with van der Waals surface area (Å²) < 4.78 is 0. The van der Waals surface area contributed by atoms with Gasteiger partial charge in [-0.25, -0.2) is 4.98 Å². The van der Waals surface area contributed by atoms with Crippen LogP contribution in [0.3, 0.4) is 0 Å². The smallest absolute Gasteiger partial charge is 0.228 e. The van der Waals surface area contributed by atoms with Gasteiger partial charge in [0.2, 0.25) is 5.91 Å². The number of amides is 1. The number of nitrogens with two attached hydrogens (primary N) is 1. The lowest BCUT2D eigenvalue weighted by Crippen LogP contribution is -2.15. The van der Waals surface area contributed by atoms with E-state index in [1.165, 1.54) is 0 Å². The first-order chi connectivity index (χ1) is 12.5. The van der Waals surface area contributed by atoms with E-state index >= 15 is 0 Å². The Bertz CT molecular complexity index is 1030. The molecule has 2 atom stereocenters. The van der Waals surface area contributed by atoms with Crippen LogP contribution in [0.25, 0.3) is 21.9 Å². The standard InChI is InChI=1S/C21H20ClN3O/c1-11-5-3-4-6-14(11)16-8-13-9-18(25-21(26)15-7-12(15)2)24-10-17(13)20(23)19(16)22/h3-6,8-10,12,15H,7,23H2,1-2H3,(H,24,25,26)/t12-,15-/m0/s1. The number of fused-ring (bicyclic) bond motifs is 1. The molecular formula is C21H20ClN3O. The summed E-state index contributed by atoms with van der Waals surface area (Å²) in [5.41, 5.74) is 9.83. The lowest BCUT2D eigenvalue weighted by molar-refractivity contribution is -0.117. The third kappa shape index (κ3) is 2.90. The number of carbonyl (C=O) groups excluding carboxylic acids is 1. The average molecular weight is 366 g/mol. The topological polar surface area (TPSA) is 68.0 Å². The highest BCUT2D eigenvalue weighted by Crippen LogP contribution is 2.40. The number of halogens is 1. The molecule has 1 aliphatic carbocycles. The molecule has 4 rings (SSSR count). The van der Waals surface area contributed by atoms with Crippen LogP contribution < -0.4 is 11.1 Å². The largest absolute Gasteiger partial charge is 0.397 e. The summed E-state index contributed by atoms with van der Waals surface area (Å²) in [5, 5.41) is 5.12. The van der Waals surface area contributed by atoms with E-state index in [4.69, 9.17) is 17.3 Å². The van der Waals surface area contributed by atoms with Gasteiger partial charge in [0.05, 0.1) is 10.7 Å². The molecule has 0 unspecified atom stereocenters. The molecule has 3 aromatic rings. The number of pyridine rings is 1. The van der Waals surface area contributed by atoms with E-state index in [1.54, 1.807) is 6.20 Å². The fraction of sp³-hybridized carbons (Fsp3) is 0.238. The molecule has 0 spiro atoms.